The maximum absolute atomic E-state index is 12.3. The van der Waals surface area contributed by atoms with Crippen molar-refractivity contribution in [3.05, 3.63) is 42.2 Å². The molecule has 23 heavy (non-hydrogen) atoms. The molecule has 1 aliphatic rings. The fourth-order valence-electron chi connectivity index (χ4n) is 2.82. The van der Waals surface area contributed by atoms with Gasteiger partial charge in [-0.3, -0.25) is 9.31 Å². The maximum atomic E-state index is 12.3. The molecule has 0 bridgehead atoms. The Morgan fingerprint density at radius 3 is 2.52 bits per heavy atom. The topological polar surface area (TPSA) is 78.1 Å². The lowest BCUT2D eigenvalue weighted by atomic mass is 9.94. The van der Waals surface area contributed by atoms with Crippen LogP contribution in [0.3, 0.4) is 0 Å². The van der Waals surface area contributed by atoms with Gasteiger partial charge in [-0.05, 0) is 43.2 Å². The number of hydrogen-bond donors (Lipinski definition) is 2. The number of rotatable bonds is 3. The predicted molar refractivity (Wildman–Crippen MR) is 89.9 cm³/mol. The number of likely N-dealkylation sites (tertiary alicyclic amines) is 1. The Balaban J connectivity index is 1.54. The zero-order valence-corrected chi connectivity index (χ0v) is 13.8. The zero-order valence-electron chi connectivity index (χ0n) is 13.0. The number of hydrogen-bond acceptors (Lipinski definition) is 3. The van der Waals surface area contributed by atoms with Crippen molar-refractivity contribution in [1.82, 2.24) is 15.1 Å². The van der Waals surface area contributed by atoms with Crippen molar-refractivity contribution in [2.24, 2.45) is 0 Å². The largest absolute Gasteiger partial charge is 0.324 e. The number of H-pyrrole nitrogens is 1. The number of urea groups is 1. The molecule has 7 heteroatoms. The highest BCUT2D eigenvalue weighted by molar-refractivity contribution is 7.84. The van der Waals surface area contributed by atoms with Gasteiger partial charge in [-0.15, -0.1) is 0 Å². The molecule has 0 spiro atoms. The summed E-state index contributed by atoms with van der Waals surface area (Å²) in [4.78, 5) is 14.9. The van der Waals surface area contributed by atoms with Crippen LogP contribution in [0.5, 0.6) is 0 Å². The van der Waals surface area contributed by atoms with E-state index in [9.17, 15) is 9.00 Å². The number of nitrogens with one attached hydrogen (secondary N) is 2. The molecule has 0 aliphatic carbocycles. The average molecular weight is 332 g/mol. The van der Waals surface area contributed by atoms with Crippen LogP contribution in [0.25, 0.3) is 0 Å². The van der Waals surface area contributed by atoms with Crippen LogP contribution in [-0.2, 0) is 10.8 Å². The molecule has 1 aromatic carbocycles. The molecule has 1 aromatic heterocycles. The summed E-state index contributed by atoms with van der Waals surface area (Å²) in [6.45, 7) is 1.46. The van der Waals surface area contributed by atoms with Gasteiger partial charge in [-0.25, -0.2) is 4.79 Å². The minimum absolute atomic E-state index is 0.0848. The summed E-state index contributed by atoms with van der Waals surface area (Å²) < 4.78 is 11.4. The molecular formula is C16H20N4O2S. The highest BCUT2D eigenvalue weighted by Crippen LogP contribution is 2.26. The molecule has 0 saturated carbocycles. The van der Waals surface area contributed by atoms with E-state index in [1.54, 1.807) is 36.7 Å². The molecule has 1 fully saturated rings. The molecule has 0 unspecified atom stereocenters. The molecule has 1 saturated heterocycles. The van der Waals surface area contributed by atoms with Gasteiger partial charge in [-0.1, -0.05) is 0 Å². The summed E-state index contributed by atoms with van der Waals surface area (Å²) in [5, 5.41) is 9.89. The lowest BCUT2D eigenvalue weighted by Gasteiger charge is -2.31. The summed E-state index contributed by atoms with van der Waals surface area (Å²) >= 11 is 0. The molecule has 3 rings (SSSR count). The number of aromatic amines is 1. The highest BCUT2D eigenvalue weighted by Gasteiger charge is 2.24. The molecule has 2 heterocycles. The average Bonchev–Trinajstić information content (AvgIpc) is 3.10. The van der Waals surface area contributed by atoms with Crippen LogP contribution < -0.4 is 5.32 Å². The molecule has 2 N–H and O–H groups in total. The fraction of sp³-hybridized carbons (Fsp3) is 0.375. The van der Waals surface area contributed by atoms with Gasteiger partial charge in [0, 0.05) is 58.5 Å². The van der Waals surface area contributed by atoms with Gasteiger partial charge in [0.2, 0.25) is 0 Å². The minimum Gasteiger partial charge on any atom is -0.324 e. The van der Waals surface area contributed by atoms with E-state index < -0.39 is 10.8 Å². The molecule has 0 radical (unpaired) electrons. The van der Waals surface area contributed by atoms with Gasteiger partial charge in [0.15, 0.2) is 0 Å². The first kappa shape index (κ1) is 15.7. The van der Waals surface area contributed by atoms with Gasteiger partial charge in [0.1, 0.15) is 0 Å². The first-order chi connectivity index (χ1) is 11.1. The van der Waals surface area contributed by atoms with Gasteiger partial charge >= 0.3 is 6.03 Å². The molecular weight excluding hydrogens is 312 g/mol. The number of carbonyl (C=O) groups is 1. The Bertz CT molecular complexity index is 677. The lowest BCUT2D eigenvalue weighted by Crippen LogP contribution is -2.40. The minimum atomic E-state index is -1.00. The van der Waals surface area contributed by atoms with Crippen molar-refractivity contribution >= 4 is 22.5 Å². The molecule has 2 amide bonds. The van der Waals surface area contributed by atoms with Crippen molar-refractivity contribution in [2.75, 3.05) is 24.7 Å². The number of piperidine rings is 1. The second-order valence-electron chi connectivity index (χ2n) is 5.68. The smallest absolute Gasteiger partial charge is 0.321 e. The molecule has 1 atom stereocenters. The number of anilines is 1. The van der Waals surface area contributed by atoms with Crippen LogP contribution >= 0.6 is 0 Å². The van der Waals surface area contributed by atoms with E-state index in [0.717, 1.165) is 42.2 Å². The van der Waals surface area contributed by atoms with Crippen LogP contribution in [0.2, 0.25) is 0 Å². The van der Waals surface area contributed by atoms with Gasteiger partial charge < -0.3 is 10.2 Å². The number of aromatic nitrogens is 2. The van der Waals surface area contributed by atoms with E-state index >= 15 is 0 Å². The third-order valence-corrected chi connectivity index (χ3v) is 5.12. The van der Waals surface area contributed by atoms with Crippen LogP contribution in [0.1, 0.15) is 24.5 Å². The van der Waals surface area contributed by atoms with E-state index in [1.807, 2.05) is 11.0 Å². The number of amides is 2. The number of benzene rings is 1. The van der Waals surface area contributed by atoms with Crippen LogP contribution in [-0.4, -0.2) is 44.7 Å². The molecule has 1 aliphatic heterocycles. The second kappa shape index (κ2) is 6.95. The van der Waals surface area contributed by atoms with Crippen molar-refractivity contribution in [3.8, 4) is 0 Å². The molecule has 122 valence electrons. The SMILES string of the molecule is C[S@](=O)c1ccc(NC(=O)N2CCC(c3ccn[nH]3)CC2)cc1. The first-order valence-corrected chi connectivity index (χ1v) is 9.18. The third-order valence-electron chi connectivity index (χ3n) is 4.18. The quantitative estimate of drug-likeness (QED) is 0.907. The standard InChI is InChI=1S/C16H20N4O2S/c1-23(22)14-4-2-13(3-5-14)18-16(21)20-10-7-12(8-11-20)15-6-9-17-19-15/h2-6,9,12H,7-8,10-11H2,1H3,(H,17,19)(H,18,21)/t23-/m0/s1. The normalized spacial score (nSPS) is 17.0. The van der Waals surface area contributed by atoms with Crippen molar-refractivity contribution in [3.63, 3.8) is 0 Å². The van der Waals surface area contributed by atoms with E-state index in [0.29, 0.717) is 5.92 Å². The van der Waals surface area contributed by atoms with E-state index in [-0.39, 0.29) is 6.03 Å². The first-order valence-electron chi connectivity index (χ1n) is 7.62. The summed E-state index contributed by atoms with van der Waals surface area (Å²) in [6.07, 6.45) is 5.27. The highest BCUT2D eigenvalue weighted by atomic mass is 32.2. The zero-order chi connectivity index (χ0) is 16.2. The monoisotopic (exact) mass is 332 g/mol. The number of carbonyl (C=O) groups excluding carboxylic acids is 1. The Kier molecular flexibility index (Phi) is 4.76. The Labute approximate surface area is 137 Å². The molecule has 6 nitrogen and oxygen atoms in total. The van der Waals surface area contributed by atoms with Gasteiger partial charge in [-0.2, -0.15) is 5.10 Å². The summed E-state index contributed by atoms with van der Waals surface area (Å²) in [7, 11) is -1.00. The lowest BCUT2D eigenvalue weighted by molar-refractivity contribution is 0.194. The van der Waals surface area contributed by atoms with Crippen LogP contribution in [0.4, 0.5) is 10.5 Å². The second-order valence-corrected chi connectivity index (χ2v) is 7.06. The van der Waals surface area contributed by atoms with Crippen LogP contribution in [0.15, 0.2) is 41.4 Å². The van der Waals surface area contributed by atoms with Crippen molar-refractivity contribution < 1.29 is 9.00 Å². The van der Waals surface area contributed by atoms with Crippen LogP contribution in [0, 0.1) is 0 Å². The van der Waals surface area contributed by atoms with Crippen molar-refractivity contribution in [1.29, 1.82) is 0 Å². The van der Waals surface area contributed by atoms with Gasteiger partial charge in [0.05, 0.1) is 0 Å². The van der Waals surface area contributed by atoms with Crippen molar-refractivity contribution in [2.45, 2.75) is 23.7 Å². The van der Waals surface area contributed by atoms with Gasteiger partial charge in [0.25, 0.3) is 0 Å². The predicted octanol–water partition coefficient (Wildman–Crippen LogP) is 2.56. The Morgan fingerprint density at radius 2 is 1.96 bits per heavy atom. The molecule has 2 aromatic rings. The summed E-state index contributed by atoms with van der Waals surface area (Å²) in [6, 6.07) is 9.03. The Morgan fingerprint density at radius 1 is 1.26 bits per heavy atom. The number of nitrogens with zero attached hydrogens (tertiary/aromatic N) is 2. The summed E-state index contributed by atoms with van der Waals surface area (Å²) in [5.74, 6) is 0.445. The summed E-state index contributed by atoms with van der Waals surface area (Å²) in [5.41, 5.74) is 1.87. The Hall–Kier alpha value is -2.15. The fourth-order valence-corrected chi connectivity index (χ4v) is 3.34. The van der Waals surface area contributed by atoms with E-state index in [4.69, 9.17) is 0 Å². The third kappa shape index (κ3) is 3.79. The van der Waals surface area contributed by atoms with E-state index in [2.05, 4.69) is 15.5 Å². The van der Waals surface area contributed by atoms with E-state index in [1.165, 1.54) is 0 Å². The maximum Gasteiger partial charge on any atom is 0.321 e.